The molecule has 3 N–H and O–H groups in total. The maximum absolute atomic E-state index is 11.0. The molecule has 0 aliphatic heterocycles. The van der Waals surface area contributed by atoms with Gasteiger partial charge in [0.05, 0.1) is 12.7 Å². The minimum Gasteiger partial charge on any atom is -0.493 e. The number of nitrogens with one attached hydrogen (secondary N) is 1. The van der Waals surface area contributed by atoms with Gasteiger partial charge in [-0.25, -0.2) is 0 Å². The maximum atomic E-state index is 11.0. The first-order valence-corrected chi connectivity index (χ1v) is 14.3. The Bertz CT molecular complexity index is 675. The van der Waals surface area contributed by atoms with Crippen LogP contribution in [0.15, 0.2) is 29.8 Å². The zero-order chi connectivity index (χ0) is 22.9. The van der Waals surface area contributed by atoms with Crippen LogP contribution in [-0.2, 0) is 0 Å². The van der Waals surface area contributed by atoms with Crippen LogP contribution in [0.25, 0.3) is 0 Å². The lowest BCUT2D eigenvalue weighted by Crippen LogP contribution is -2.39. The van der Waals surface area contributed by atoms with Crippen molar-refractivity contribution < 1.29 is 14.6 Å². The van der Waals surface area contributed by atoms with Gasteiger partial charge in [0.15, 0.2) is 8.32 Å². The van der Waals surface area contributed by atoms with Crippen molar-refractivity contribution in [2.75, 3.05) is 19.0 Å². The minimum absolute atomic E-state index is 0.0494. The molecule has 0 radical (unpaired) electrons. The maximum Gasteiger partial charge on any atom is 0.188 e. The Hall–Kier alpha value is -1.30. The summed E-state index contributed by atoms with van der Waals surface area (Å²) in [4.78, 5) is 10.5. The molecular formula is C25H45NO3Si. The number of rotatable bonds is 13. The van der Waals surface area contributed by atoms with Crippen molar-refractivity contribution in [1.82, 2.24) is 0 Å². The largest absolute Gasteiger partial charge is 0.493 e. The number of hydrogen-bond donors (Lipinski definition) is 3. The Morgan fingerprint density at radius 1 is 1.27 bits per heavy atom. The van der Waals surface area contributed by atoms with E-state index in [0.717, 1.165) is 42.7 Å². The number of allylic oxidation sites excluding steroid dienone is 2. The molecule has 0 fully saturated rings. The van der Waals surface area contributed by atoms with E-state index in [1.165, 1.54) is 5.57 Å². The molecule has 0 spiro atoms. The van der Waals surface area contributed by atoms with E-state index in [9.17, 15) is 9.90 Å². The first kappa shape index (κ1) is 26.7. The fraction of sp³-hybridized carbons (Fsp3) is 0.680. The molecule has 0 amide bonds. The van der Waals surface area contributed by atoms with Crippen molar-refractivity contribution in [2.45, 2.75) is 91.0 Å². The fourth-order valence-corrected chi connectivity index (χ4v) is 4.30. The lowest BCUT2D eigenvalue weighted by molar-refractivity contribution is 0.141. The zero-order valence-electron chi connectivity index (χ0n) is 20.5. The minimum atomic E-state index is -2.20. The molecule has 1 unspecified atom stereocenters. The predicted octanol–water partition coefficient (Wildman–Crippen LogP) is 6.67. The predicted molar refractivity (Wildman–Crippen MR) is 132 cm³/mol. The third kappa shape index (κ3) is 8.44. The van der Waals surface area contributed by atoms with Gasteiger partial charge in [0.2, 0.25) is 0 Å². The lowest BCUT2D eigenvalue weighted by atomic mass is 9.93. The molecule has 0 saturated carbocycles. The number of anilines is 1. The number of benzene rings is 1. The van der Waals surface area contributed by atoms with Gasteiger partial charge in [0, 0.05) is 18.3 Å². The summed E-state index contributed by atoms with van der Waals surface area (Å²) in [5.74, 6) is 1.18. The highest BCUT2D eigenvalue weighted by atomic mass is 28.4. The van der Waals surface area contributed by atoms with Crippen molar-refractivity contribution in [3.8, 4) is 5.75 Å². The van der Waals surface area contributed by atoms with Gasteiger partial charge in [-0.05, 0) is 82.1 Å². The Morgan fingerprint density at radius 3 is 2.50 bits per heavy atom. The number of aliphatic hydroxyl groups excluding tert-OH is 1. The van der Waals surface area contributed by atoms with Gasteiger partial charge in [0.25, 0.3) is 0 Å². The highest BCUT2D eigenvalue weighted by molar-refractivity contribution is 6.72. The van der Waals surface area contributed by atoms with Gasteiger partial charge in [-0.1, -0.05) is 38.5 Å². The molecule has 0 aliphatic carbocycles. The van der Waals surface area contributed by atoms with Gasteiger partial charge in [-0.15, -0.1) is 0 Å². The van der Waals surface area contributed by atoms with Crippen LogP contribution >= 0.6 is 0 Å². The lowest BCUT2D eigenvalue weighted by Gasteiger charge is -2.35. The Labute approximate surface area is 185 Å². The van der Waals surface area contributed by atoms with Gasteiger partial charge < -0.3 is 20.0 Å². The molecule has 0 heterocycles. The van der Waals surface area contributed by atoms with Crippen molar-refractivity contribution in [2.24, 2.45) is 5.92 Å². The SMILES string of the molecule is CNc1cccc(OCCCC(C)(C)[Si](C)(C)O)c1C(O)C[C@H](C)CCC=C(C)C. The van der Waals surface area contributed by atoms with Crippen LogP contribution < -0.4 is 10.1 Å². The van der Waals surface area contributed by atoms with Crippen LogP contribution in [0.4, 0.5) is 5.69 Å². The van der Waals surface area contributed by atoms with Crippen LogP contribution in [0.3, 0.4) is 0 Å². The van der Waals surface area contributed by atoms with Crippen molar-refractivity contribution in [3.63, 3.8) is 0 Å². The highest BCUT2D eigenvalue weighted by Gasteiger charge is 2.37. The first-order valence-electron chi connectivity index (χ1n) is 11.4. The highest BCUT2D eigenvalue weighted by Crippen LogP contribution is 2.40. The van der Waals surface area contributed by atoms with Crippen molar-refractivity contribution in [3.05, 3.63) is 35.4 Å². The third-order valence-corrected chi connectivity index (χ3v) is 9.93. The Morgan fingerprint density at radius 2 is 1.93 bits per heavy atom. The number of hydrogen-bond acceptors (Lipinski definition) is 4. The summed E-state index contributed by atoms with van der Waals surface area (Å²) in [6, 6.07) is 5.90. The van der Waals surface area contributed by atoms with E-state index in [1.54, 1.807) is 0 Å². The van der Waals surface area contributed by atoms with Gasteiger partial charge in [-0.3, -0.25) is 0 Å². The van der Waals surface area contributed by atoms with Crippen LogP contribution in [0, 0.1) is 5.92 Å². The van der Waals surface area contributed by atoms with E-state index in [4.69, 9.17) is 4.74 Å². The Balaban J connectivity index is 2.79. The average molecular weight is 436 g/mol. The summed E-state index contributed by atoms with van der Waals surface area (Å²) < 4.78 is 6.13. The zero-order valence-corrected chi connectivity index (χ0v) is 21.5. The third-order valence-electron chi connectivity index (χ3n) is 6.37. The molecule has 0 aliphatic rings. The van der Waals surface area contributed by atoms with Gasteiger partial charge >= 0.3 is 0 Å². The standard InChI is InChI=1S/C25H45NO3Si/c1-19(2)12-9-13-20(3)18-22(27)24-21(26-6)14-10-15-23(24)29-17-11-16-25(4,5)30(7,8)28/h10,12,14-15,20,22,26-28H,9,11,13,16-18H2,1-8H3/t20-,22?/m1/s1. The first-order chi connectivity index (χ1) is 13.9. The van der Waals surface area contributed by atoms with E-state index in [1.807, 2.05) is 38.3 Å². The second-order valence-electron chi connectivity index (χ2n) is 10.1. The summed E-state index contributed by atoms with van der Waals surface area (Å²) in [6.45, 7) is 15.3. The molecule has 2 atom stereocenters. The van der Waals surface area contributed by atoms with E-state index in [0.29, 0.717) is 18.9 Å². The van der Waals surface area contributed by atoms with Crippen molar-refractivity contribution >= 4 is 14.0 Å². The van der Waals surface area contributed by atoms with Crippen LogP contribution in [0.2, 0.25) is 18.1 Å². The monoisotopic (exact) mass is 435 g/mol. The average Bonchev–Trinajstić information content (AvgIpc) is 2.63. The summed E-state index contributed by atoms with van der Waals surface area (Å²) in [6.07, 6.45) is 6.32. The van der Waals surface area contributed by atoms with Crippen LogP contribution in [0.5, 0.6) is 5.75 Å². The second-order valence-corrected chi connectivity index (χ2v) is 14.5. The second kappa shape index (κ2) is 11.9. The van der Waals surface area contributed by atoms with Crippen LogP contribution in [0.1, 0.15) is 78.4 Å². The summed E-state index contributed by atoms with van der Waals surface area (Å²) in [5, 5.41) is 14.2. The fourth-order valence-electron chi connectivity index (χ4n) is 3.51. The smallest absolute Gasteiger partial charge is 0.188 e. The molecule has 172 valence electrons. The van der Waals surface area contributed by atoms with Crippen molar-refractivity contribution in [1.29, 1.82) is 0 Å². The molecular weight excluding hydrogens is 390 g/mol. The van der Waals surface area contributed by atoms with Gasteiger partial charge in [0.1, 0.15) is 5.75 Å². The molecule has 1 aromatic carbocycles. The molecule has 5 heteroatoms. The number of ether oxygens (including phenoxy) is 1. The van der Waals surface area contributed by atoms with E-state index in [2.05, 4.69) is 46.0 Å². The molecule has 4 nitrogen and oxygen atoms in total. The topological polar surface area (TPSA) is 61.7 Å². The Kier molecular flexibility index (Phi) is 10.6. The van der Waals surface area contributed by atoms with Gasteiger partial charge in [-0.2, -0.15) is 0 Å². The summed E-state index contributed by atoms with van der Waals surface area (Å²) in [7, 11) is -0.325. The molecule has 0 saturated heterocycles. The van der Waals surface area contributed by atoms with E-state index >= 15 is 0 Å². The molecule has 30 heavy (non-hydrogen) atoms. The van der Waals surface area contributed by atoms with Crippen LogP contribution in [-0.4, -0.2) is 31.9 Å². The quantitative estimate of drug-likeness (QED) is 0.184. The molecule has 0 bridgehead atoms. The summed E-state index contributed by atoms with van der Waals surface area (Å²) >= 11 is 0. The number of aliphatic hydroxyl groups is 1. The molecule has 1 aromatic rings. The van der Waals surface area contributed by atoms with E-state index in [-0.39, 0.29) is 5.04 Å². The molecule has 0 aromatic heterocycles. The summed E-state index contributed by atoms with van der Waals surface area (Å²) in [5.41, 5.74) is 3.11. The van der Waals surface area contributed by atoms with E-state index < -0.39 is 14.4 Å². The normalized spacial score (nSPS) is 14.2. The molecule has 1 rings (SSSR count).